The fourth-order valence-electron chi connectivity index (χ4n) is 5.14. The van der Waals surface area contributed by atoms with Crippen molar-refractivity contribution in [1.82, 2.24) is 0 Å². The van der Waals surface area contributed by atoms with E-state index < -0.39 is 10.1 Å². The van der Waals surface area contributed by atoms with Crippen LogP contribution in [0.25, 0.3) is 0 Å². The molecule has 25 heavy (non-hydrogen) atoms. The summed E-state index contributed by atoms with van der Waals surface area (Å²) in [5, 5.41) is 0. The van der Waals surface area contributed by atoms with Crippen LogP contribution in [0, 0.1) is 23.7 Å². The van der Waals surface area contributed by atoms with Crippen LogP contribution in [0.15, 0.2) is 12.2 Å². The molecule has 4 heteroatoms. The minimum absolute atomic E-state index is 0.113. The number of hydrogen-bond acceptors (Lipinski definition) is 3. The first-order valence-corrected chi connectivity index (χ1v) is 12.2. The second kappa shape index (κ2) is 10.1. The van der Waals surface area contributed by atoms with E-state index in [-0.39, 0.29) is 6.10 Å². The Labute approximate surface area is 155 Å². The van der Waals surface area contributed by atoms with Crippen molar-refractivity contribution in [3.8, 4) is 0 Å². The van der Waals surface area contributed by atoms with Gasteiger partial charge in [0.15, 0.2) is 0 Å². The maximum absolute atomic E-state index is 11.5. The van der Waals surface area contributed by atoms with Crippen LogP contribution in [0.3, 0.4) is 0 Å². The van der Waals surface area contributed by atoms with Crippen molar-refractivity contribution < 1.29 is 12.6 Å². The monoisotopic (exact) mass is 370 g/mol. The molecule has 0 aliphatic heterocycles. The summed E-state index contributed by atoms with van der Waals surface area (Å²) < 4.78 is 28.2. The lowest BCUT2D eigenvalue weighted by atomic mass is 9.68. The molecule has 0 radical (unpaired) electrons. The van der Waals surface area contributed by atoms with Gasteiger partial charge in [-0.25, -0.2) is 0 Å². The Morgan fingerprint density at radius 3 is 2.04 bits per heavy atom. The molecule has 1 unspecified atom stereocenters. The third kappa shape index (κ3) is 7.05. The zero-order chi connectivity index (χ0) is 18.3. The summed E-state index contributed by atoms with van der Waals surface area (Å²) in [5.74, 6) is 3.14. The van der Waals surface area contributed by atoms with Crippen LogP contribution >= 0.6 is 0 Å². The molecule has 2 saturated carbocycles. The van der Waals surface area contributed by atoms with Gasteiger partial charge in [0, 0.05) is 0 Å². The van der Waals surface area contributed by atoms with E-state index in [4.69, 9.17) is 4.18 Å². The van der Waals surface area contributed by atoms with Gasteiger partial charge in [-0.1, -0.05) is 31.9 Å². The molecule has 146 valence electrons. The van der Waals surface area contributed by atoms with E-state index in [0.29, 0.717) is 5.92 Å². The summed E-state index contributed by atoms with van der Waals surface area (Å²) in [6.07, 6.45) is 19.4. The predicted octanol–water partition coefficient (Wildman–Crippen LogP) is 5.71. The summed E-state index contributed by atoms with van der Waals surface area (Å²) >= 11 is 0. The normalized spacial score (nSPS) is 32.8. The zero-order valence-electron chi connectivity index (χ0n) is 16.5. The summed E-state index contributed by atoms with van der Waals surface area (Å²) in [6.45, 7) is 4.15. The van der Waals surface area contributed by atoms with Gasteiger partial charge in [0.1, 0.15) is 0 Å². The maximum atomic E-state index is 11.5. The minimum atomic E-state index is -3.34. The van der Waals surface area contributed by atoms with E-state index in [2.05, 4.69) is 19.1 Å². The molecule has 0 spiro atoms. The van der Waals surface area contributed by atoms with Crippen molar-refractivity contribution >= 4 is 10.1 Å². The highest BCUT2D eigenvalue weighted by Crippen LogP contribution is 2.43. The fraction of sp³-hybridized carbons (Fsp3) is 0.905. The van der Waals surface area contributed by atoms with Crippen molar-refractivity contribution in [2.45, 2.75) is 90.6 Å². The quantitative estimate of drug-likeness (QED) is 0.406. The lowest BCUT2D eigenvalue weighted by Crippen LogP contribution is -2.32. The average molecular weight is 371 g/mol. The first kappa shape index (κ1) is 21.0. The molecule has 0 N–H and O–H groups in total. The van der Waals surface area contributed by atoms with Crippen LogP contribution in [0.1, 0.15) is 84.5 Å². The van der Waals surface area contributed by atoms with E-state index in [1.54, 1.807) is 0 Å². The van der Waals surface area contributed by atoms with E-state index >= 15 is 0 Å². The summed E-state index contributed by atoms with van der Waals surface area (Å²) in [6, 6.07) is 0. The van der Waals surface area contributed by atoms with Crippen molar-refractivity contribution in [1.29, 1.82) is 0 Å². The highest BCUT2D eigenvalue weighted by molar-refractivity contribution is 7.86. The van der Waals surface area contributed by atoms with Gasteiger partial charge in [0.25, 0.3) is 10.1 Å². The Hall–Kier alpha value is -0.350. The van der Waals surface area contributed by atoms with Gasteiger partial charge in [-0.05, 0) is 88.4 Å². The average Bonchev–Trinajstić information content (AvgIpc) is 2.60. The minimum Gasteiger partial charge on any atom is -0.267 e. The van der Waals surface area contributed by atoms with Crippen molar-refractivity contribution in [2.75, 3.05) is 6.26 Å². The highest BCUT2D eigenvalue weighted by atomic mass is 32.2. The van der Waals surface area contributed by atoms with Crippen molar-refractivity contribution in [3.63, 3.8) is 0 Å². The summed E-state index contributed by atoms with van der Waals surface area (Å²) in [5.41, 5.74) is 0. The molecular formula is C21H38O3S. The van der Waals surface area contributed by atoms with Gasteiger partial charge in [-0.15, -0.1) is 0 Å². The molecule has 0 saturated heterocycles. The molecule has 0 aromatic carbocycles. The smallest absolute Gasteiger partial charge is 0.264 e. The largest absolute Gasteiger partial charge is 0.267 e. The number of hydrogen-bond donors (Lipinski definition) is 0. The molecule has 0 aromatic heterocycles. The standard InChI is InChI=1S/C21H38O3S/c1-4-6-7-8-17-9-11-18(12-10-17)19-13-15-20(16-14-19)21(5-2)24-25(3,22)23/h4,6,17-21H,5,7-16H2,1-3H3/t17-,18-,19-,20-,21?. The third-order valence-electron chi connectivity index (χ3n) is 6.58. The lowest BCUT2D eigenvalue weighted by molar-refractivity contribution is 0.0750. The third-order valence-corrected chi connectivity index (χ3v) is 7.18. The second-order valence-corrected chi connectivity index (χ2v) is 9.95. The molecule has 2 aliphatic carbocycles. The van der Waals surface area contributed by atoms with Crippen LogP contribution in [-0.4, -0.2) is 20.8 Å². The highest BCUT2D eigenvalue weighted by Gasteiger charge is 2.34. The first-order chi connectivity index (χ1) is 11.9. The lowest BCUT2D eigenvalue weighted by Gasteiger charge is -2.39. The number of allylic oxidation sites excluding steroid dienone is 2. The van der Waals surface area contributed by atoms with Gasteiger partial charge >= 0.3 is 0 Å². The van der Waals surface area contributed by atoms with Crippen LogP contribution in [0.2, 0.25) is 0 Å². The van der Waals surface area contributed by atoms with Gasteiger partial charge < -0.3 is 0 Å². The Kier molecular flexibility index (Phi) is 8.47. The topological polar surface area (TPSA) is 43.4 Å². The Morgan fingerprint density at radius 1 is 1.00 bits per heavy atom. The van der Waals surface area contributed by atoms with E-state index in [0.717, 1.165) is 37.0 Å². The Balaban J connectivity index is 1.73. The van der Waals surface area contributed by atoms with Gasteiger partial charge in [-0.3, -0.25) is 4.18 Å². The van der Waals surface area contributed by atoms with Gasteiger partial charge in [-0.2, -0.15) is 8.42 Å². The molecular weight excluding hydrogens is 332 g/mol. The molecule has 0 aromatic rings. The molecule has 2 rings (SSSR count). The van der Waals surface area contributed by atoms with Crippen LogP contribution in [-0.2, 0) is 14.3 Å². The Bertz CT molecular complexity index is 495. The summed E-state index contributed by atoms with van der Waals surface area (Å²) in [4.78, 5) is 0. The molecule has 0 amide bonds. The van der Waals surface area contributed by atoms with Crippen LogP contribution in [0.5, 0.6) is 0 Å². The predicted molar refractivity (Wildman–Crippen MR) is 105 cm³/mol. The van der Waals surface area contributed by atoms with Crippen molar-refractivity contribution in [3.05, 3.63) is 12.2 Å². The molecule has 1 atom stereocenters. The molecule has 0 bridgehead atoms. The van der Waals surface area contributed by atoms with E-state index in [9.17, 15) is 8.42 Å². The van der Waals surface area contributed by atoms with Crippen molar-refractivity contribution in [2.24, 2.45) is 23.7 Å². The van der Waals surface area contributed by atoms with E-state index in [1.165, 1.54) is 57.6 Å². The van der Waals surface area contributed by atoms with Gasteiger partial charge in [0.05, 0.1) is 12.4 Å². The van der Waals surface area contributed by atoms with E-state index in [1.807, 2.05) is 6.92 Å². The fourth-order valence-corrected chi connectivity index (χ4v) is 5.88. The number of rotatable bonds is 8. The molecule has 2 aliphatic rings. The molecule has 2 fully saturated rings. The van der Waals surface area contributed by atoms with Crippen LogP contribution in [0.4, 0.5) is 0 Å². The zero-order valence-corrected chi connectivity index (χ0v) is 17.3. The molecule has 0 heterocycles. The first-order valence-electron chi connectivity index (χ1n) is 10.4. The SMILES string of the molecule is CC=CCC[C@H]1CC[C@H]([C@H]2CC[C@H](C(CC)OS(C)(=O)=O)CC2)CC1. The van der Waals surface area contributed by atoms with Gasteiger partial charge in [0.2, 0.25) is 0 Å². The Morgan fingerprint density at radius 2 is 1.56 bits per heavy atom. The summed E-state index contributed by atoms with van der Waals surface area (Å²) in [7, 11) is -3.34. The van der Waals surface area contributed by atoms with Crippen LogP contribution < -0.4 is 0 Å². The second-order valence-electron chi connectivity index (χ2n) is 8.35. The molecule has 3 nitrogen and oxygen atoms in total. The maximum Gasteiger partial charge on any atom is 0.264 e.